The Kier molecular flexibility index (Phi) is 2.50. The third-order valence-electron chi connectivity index (χ3n) is 1.89. The van der Waals surface area contributed by atoms with Gasteiger partial charge in [0.1, 0.15) is 11.4 Å². The highest BCUT2D eigenvalue weighted by molar-refractivity contribution is 5.86. The number of rotatable bonds is 3. The normalized spacial score (nSPS) is 10.1. The van der Waals surface area contributed by atoms with E-state index in [0.29, 0.717) is 11.4 Å². The molecule has 0 unspecified atom stereocenters. The molecule has 7 heteroatoms. The first-order valence-corrected chi connectivity index (χ1v) is 4.37. The Morgan fingerprint density at radius 2 is 2.31 bits per heavy atom. The number of methoxy groups -OCH3 is 1. The van der Waals surface area contributed by atoms with Gasteiger partial charge in [0.2, 0.25) is 0 Å². The van der Waals surface area contributed by atoms with Crippen molar-refractivity contribution in [2.24, 2.45) is 0 Å². The highest BCUT2D eigenvalue weighted by Gasteiger charge is 2.10. The molecular weight excluding hydrogens is 212 g/mol. The fourth-order valence-electron chi connectivity index (χ4n) is 1.14. The van der Waals surface area contributed by atoms with E-state index >= 15 is 0 Å². The van der Waals surface area contributed by atoms with Gasteiger partial charge < -0.3 is 9.84 Å². The molecule has 16 heavy (non-hydrogen) atoms. The van der Waals surface area contributed by atoms with Crippen molar-refractivity contribution in [2.45, 2.75) is 0 Å². The number of aromatic nitrogens is 4. The van der Waals surface area contributed by atoms with Crippen molar-refractivity contribution in [1.29, 1.82) is 0 Å². The van der Waals surface area contributed by atoms with Crippen LogP contribution in [-0.2, 0) is 0 Å². The van der Waals surface area contributed by atoms with Gasteiger partial charge in [-0.15, -0.1) is 0 Å². The maximum Gasteiger partial charge on any atom is 0.353 e. The summed E-state index contributed by atoms with van der Waals surface area (Å²) in [5, 5.41) is 14.9. The maximum atomic E-state index is 10.6. The number of H-pyrrole nitrogens is 1. The molecule has 2 rings (SSSR count). The van der Waals surface area contributed by atoms with E-state index in [9.17, 15) is 4.79 Å². The van der Waals surface area contributed by atoms with E-state index in [1.165, 1.54) is 19.4 Å². The number of nitrogens with one attached hydrogen (secondary N) is 1. The zero-order valence-electron chi connectivity index (χ0n) is 8.34. The molecule has 0 bridgehead atoms. The number of nitrogens with zero attached hydrogens (tertiary/aromatic N) is 3. The van der Waals surface area contributed by atoms with Crippen LogP contribution in [0.25, 0.3) is 11.4 Å². The van der Waals surface area contributed by atoms with Gasteiger partial charge in [0.05, 0.1) is 12.8 Å². The topological polar surface area (TPSA) is 101 Å². The van der Waals surface area contributed by atoms with Gasteiger partial charge in [0.25, 0.3) is 0 Å². The van der Waals surface area contributed by atoms with Crippen molar-refractivity contribution < 1.29 is 14.6 Å². The largest absolute Gasteiger partial charge is 0.477 e. The van der Waals surface area contributed by atoms with Crippen LogP contribution in [0.3, 0.4) is 0 Å². The van der Waals surface area contributed by atoms with Crippen LogP contribution in [0.4, 0.5) is 0 Å². The van der Waals surface area contributed by atoms with E-state index in [0.717, 1.165) is 0 Å². The van der Waals surface area contributed by atoms with Crippen molar-refractivity contribution in [3.63, 3.8) is 0 Å². The number of carboxylic acid groups (broad SMARTS) is 1. The van der Waals surface area contributed by atoms with Gasteiger partial charge in [-0.25, -0.2) is 9.78 Å². The number of aromatic amines is 1. The molecule has 0 atom stereocenters. The predicted molar refractivity (Wildman–Crippen MR) is 53.1 cm³/mol. The van der Waals surface area contributed by atoms with Crippen molar-refractivity contribution in [3.05, 3.63) is 24.0 Å². The molecule has 2 aromatic heterocycles. The predicted octanol–water partition coefficient (Wildman–Crippen LogP) is 0.573. The molecule has 0 aliphatic heterocycles. The summed E-state index contributed by atoms with van der Waals surface area (Å²) in [6, 6.07) is 3.21. The summed E-state index contributed by atoms with van der Waals surface area (Å²) >= 11 is 0. The highest BCUT2D eigenvalue weighted by atomic mass is 16.5. The van der Waals surface area contributed by atoms with E-state index < -0.39 is 5.97 Å². The van der Waals surface area contributed by atoms with Gasteiger partial charge in [0.15, 0.2) is 0 Å². The molecule has 82 valence electrons. The Morgan fingerprint density at radius 3 is 2.94 bits per heavy atom. The van der Waals surface area contributed by atoms with Crippen LogP contribution in [-0.4, -0.2) is 38.4 Å². The molecule has 2 heterocycles. The zero-order chi connectivity index (χ0) is 11.5. The molecular formula is C9H8N4O3. The van der Waals surface area contributed by atoms with E-state index in [4.69, 9.17) is 9.84 Å². The molecule has 0 aromatic carbocycles. The molecule has 0 saturated heterocycles. The first-order valence-electron chi connectivity index (χ1n) is 4.37. The van der Waals surface area contributed by atoms with E-state index in [2.05, 4.69) is 20.2 Å². The van der Waals surface area contributed by atoms with Crippen LogP contribution in [0.15, 0.2) is 18.3 Å². The fourth-order valence-corrected chi connectivity index (χ4v) is 1.14. The number of carbonyl (C=O) groups is 1. The summed E-state index contributed by atoms with van der Waals surface area (Å²) in [7, 11) is 1.45. The highest BCUT2D eigenvalue weighted by Crippen LogP contribution is 2.16. The molecule has 0 aliphatic rings. The Labute approximate surface area is 90.1 Å². The average molecular weight is 220 g/mol. The minimum Gasteiger partial charge on any atom is -0.477 e. The molecule has 0 radical (unpaired) electrons. The van der Waals surface area contributed by atoms with Crippen molar-refractivity contribution >= 4 is 5.97 Å². The molecule has 0 spiro atoms. The molecule has 2 aromatic rings. The van der Waals surface area contributed by atoms with Gasteiger partial charge >= 0.3 is 12.0 Å². The summed E-state index contributed by atoms with van der Waals surface area (Å²) in [4.78, 5) is 18.5. The summed E-state index contributed by atoms with van der Waals surface area (Å²) < 4.78 is 4.85. The van der Waals surface area contributed by atoms with Crippen LogP contribution >= 0.6 is 0 Å². The average Bonchev–Trinajstić information content (AvgIpc) is 2.78. The molecule has 0 fully saturated rings. The molecule has 0 saturated carbocycles. The lowest BCUT2D eigenvalue weighted by Gasteiger charge is -1.98. The summed E-state index contributed by atoms with van der Waals surface area (Å²) in [6.45, 7) is 0. The van der Waals surface area contributed by atoms with Crippen molar-refractivity contribution in [1.82, 2.24) is 20.2 Å². The monoisotopic (exact) mass is 220 g/mol. The molecule has 2 N–H and O–H groups in total. The smallest absolute Gasteiger partial charge is 0.353 e. The fraction of sp³-hybridized carbons (Fsp3) is 0.111. The molecule has 0 amide bonds. The Morgan fingerprint density at radius 1 is 1.50 bits per heavy atom. The zero-order valence-corrected chi connectivity index (χ0v) is 8.34. The minimum absolute atomic E-state index is 0.00702. The van der Waals surface area contributed by atoms with Crippen LogP contribution in [0.5, 0.6) is 6.01 Å². The van der Waals surface area contributed by atoms with Gasteiger partial charge in [-0.3, -0.25) is 5.10 Å². The number of carboxylic acids is 1. The van der Waals surface area contributed by atoms with Crippen molar-refractivity contribution in [2.75, 3.05) is 7.11 Å². The Bertz CT molecular complexity index is 523. The van der Waals surface area contributed by atoms with Crippen LogP contribution in [0.2, 0.25) is 0 Å². The third kappa shape index (κ3) is 1.83. The van der Waals surface area contributed by atoms with Crippen LogP contribution in [0.1, 0.15) is 10.5 Å². The number of ether oxygens (including phenoxy) is 1. The quantitative estimate of drug-likeness (QED) is 0.784. The number of hydrogen-bond donors (Lipinski definition) is 2. The summed E-state index contributed by atoms with van der Waals surface area (Å²) in [6.07, 6.45) is 1.51. The second-order valence-corrected chi connectivity index (χ2v) is 2.90. The van der Waals surface area contributed by atoms with Crippen molar-refractivity contribution in [3.8, 4) is 17.4 Å². The van der Waals surface area contributed by atoms with Gasteiger partial charge in [0, 0.05) is 12.3 Å². The van der Waals surface area contributed by atoms with Gasteiger partial charge in [-0.2, -0.15) is 10.1 Å². The first kappa shape index (κ1) is 10.1. The SMILES string of the molecule is COc1nccc(-c2cc(C(=O)O)[nH]n2)n1. The van der Waals surface area contributed by atoms with Crippen LogP contribution in [0, 0.1) is 0 Å². The van der Waals surface area contributed by atoms with Gasteiger partial charge in [-0.05, 0) is 6.07 Å². The Hall–Kier alpha value is -2.44. The summed E-state index contributed by atoms with van der Waals surface area (Å²) in [5.41, 5.74) is 0.932. The Balaban J connectivity index is 2.38. The number of aromatic carboxylic acids is 1. The lowest BCUT2D eigenvalue weighted by atomic mass is 10.3. The van der Waals surface area contributed by atoms with E-state index in [-0.39, 0.29) is 11.7 Å². The standard InChI is InChI=1S/C9H8N4O3/c1-16-9-10-3-2-5(11-9)6-4-7(8(14)15)13-12-6/h2-4H,1H3,(H,12,13)(H,14,15). The first-order chi connectivity index (χ1) is 7.70. The lowest BCUT2D eigenvalue weighted by molar-refractivity contribution is 0.0690. The minimum atomic E-state index is -1.07. The van der Waals surface area contributed by atoms with E-state index in [1.54, 1.807) is 6.07 Å². The maximum absolute atomic E-state index is 10.6. The number of hydrogen-bond acceptors (Lipinski definition) is 5. The van der Waals surface area contributed by atoms with Crippen LogP contribution < -0.4 is 4.74 Å². The van der Waals surface area contributed by atoms with Gasteiger partial charge in [-0.1, -0.05) is 0 Å². The second kappa shape index (κ2) is 3.97. The third-order valence-corrected chi connectivity index (χ3v) is 1.89. The summed E-state index contributed by atoms with van der Waals surface area (Å²) in [5.74, 6) is -1.07. The molecule has 7 nitrogen and oxygen atoms in total. The molecule has 0 aliphatic carbocycles. The lowest BCUT2D eigenvalue weighted by Crippen LogP contribution is -1.95. The second-order valence-electron chi connectivity index (χ2n) is 2.90. The van der Waals surface area contributed by atoms with E-state index in [1.807, 2.05) is 0 Å².